The zero-order chi connectivity index (χ0) is 10.3. The first kappa shape index (κ1) is 9.71. The predicted octanol–water partition coefficient (Wildman–Crippen LogP) is 1.93. The number of aryl methyl sites for hydroxylation is 1. The summed E-state index contributed by atoms with van der Waals surface area (Å²) in [6.07, 6.45) is 2.72. The van der Waals surface area contributed by atoms with E-state index in [1.165, 1.54) is 24.1 Å². The molecule has 0 saturated heterocycles. The lowest BCUT2D eigenvalue weighted by molar-refractivity contribution is 0.429. The van der Waals surface area contributed by atoms with E-state index in [4.69, 9.17) is 5.73 Å². The number of aromatic nitrogens is 2. The first-order valence-corrected chi connectivity index (χ1v) is 5.39. The molecule has 3 nitrogen and oxygen atoms in total. The molecular weight excluding hydrogens is 174 g/mol. The molecule has 1 aromatic heterocycles. The lowest BCUT2D eigenvalue weighted by atomic mass is 10.2. The highest BCUT2D eigenvalue weighted by atomic mass is 15.3. The molecule has 1 aliphatic rings. The Morgan fingerprint density at radius 2 is 2.14 bits per heavy atom. The maximum atomic E-state index is 5.70. The lowest BCUT2D eigenvalue weighted by Crippen LogP contribution is -2.11. The fourth-order valence-corrected chi connectivity index (χ4v) is 2.17. The number of hydrogen-bond acceptors (Lipinski definition) is 2. The number of nitrogens with zero attached hydrogens (tertiary/aromatic N) is 2. The van der Waals surface area contributed by atoms with Crippen LogP contribution < -0.4 is 5.73 Å². The predicted molar refractivity (Wildman–Crippen MR) is 57.0 cm³/mol. The van der Waals surface area contributed by atoms with Crippen molar-refractivity contribution in [3.05, 3.63) is 17.0 Å². The highest BCUT2D eigenvalue weighted by molar-refractivity contribution is 5.24. The van der Waals surface area contributed by atoms with E-state index in [-0.39, 0.29) is 0 Å². The molecule has 14 heavy (non-hydrogen) atoms. The second kappa shape index (κ2) is 3.39. The second-order valence-electron chi connectivity index (χ2n) is 4.38. The number of rotatable bonds is 3. The van der Waals surface area contributed by atoms with Gasteiger partial charge in [0.1, 0.15) is 0 Å². The van der Waals surface area contributed by atoms with Gasteiger partial charge in [0.15, 0.2) is 0 Å². The molecule has 1 saturated carbocycles. The summed E-state index contributed by atoms with van der Waals surface area (Å²) in [6, 6.07) is 0.550. The Bertz CT molecular complexity index is 337. The average Bonchev–Trinajstić information content (AvgIpc) is 2.93. The molecule has 1 aromatic rings. The largest absolute Gasteiger partial charge is 0.326 e. The highest BCUT2D eigenvalue weighted by Crippen LogP contribution is 2.39. The van der Waals surface area contributed by atoms with Gasteiger partial charge in [0.05, 0.1) is 11.7 Å². The van der Waals surface area contributed by atoms with Crippen molar-refractivity contribution >= 4 is 0 Å². The third kappa shape index (κ3) is 1.46. The summed E-state index contributed by atoms with van der Waals surface area (Å²) in [5, 5.41) is 4.58. The van der Waals surface area contributed by atoms with Crippen molar-refractivity contribution in [2.45, 2.75) is 46.2 Å². The van der Waals surface area contributed by atoms with E-state index in [9.17, 15) is 0 Å². The van der Waals surface area contributed by atoms with Gasteiger partial charge < -0.3 is 5.73 Å². The van der Waals surface area contributed by atoms with Crippen LogP contribution in [0.2, 0.25) is 0 Å². The molecule has 1 heterocycles. The van der Waals surface area contributed by atoms with Gasteiger partial charge in [-0.05, 0) is 39.5 Å². The topological polar surface area (TPSA) is 43.8 Å². The fourth-order valence-electron chi connectivity index (χ4n) is 2.17. The quantitative estimate of drug-likeness (QED) is 0.797. The van der Waals surface area contributed by atoms with E-state index in [1.807, 2.05) is 6.92 Å². The van der Waals surface area contributed by atoms with Gasteiger partial charge in [0, 0.05) is 17.8 Å². The van der Waals surface area contributed by atoms with Crippen LogP contribution in [0.15, 0.2) is 0 Å². The number of hydrogen-bond donors (Lipinski definition) is 1. The summed E-state index contributed by atoms with van der Waals surface area (Å²) in [4.78, 5) is 0. The minimum atomic E-state index is 0.550. The van der Waals surface area contributed by atoms with E-state index < -0.39 is 0 Å². The van der Waals surface area contributed by atoms with Crippen LogP contribution in [-0.4, -0.2) is 9.78 Å². The Morgan fingerprint density at radius 3 is 2.57 bits per heavy atom. The van der Waals surface area contributed by atoms with Gasteiger partial charge in [0.25, 0.3) is 0 Å². The molecule has 3 heteroatoms. The highest BCUT2D eigenvalue weighted by Gasteiger charge is 2.30. The summed E-state index contributed by atoms with van der Waals surface area (Å²) in [6.45, 7) is 7.04. The third-order valence-corrected chi connectivity index (χ3v) is 3.37. The maximum absolute atomic E-state index is 5.70. The summed E-state index contributed by atoms with van der Waals surface area (Å²) >= 11 is 0. The smallest absolute Gasteiger partial charge is 0.0641 e. The van der Waals surface area contributed by atoms with E-state index in [0.29, 0.717) is 12.6 Å². The van der Waals surface area contributed by atoms with E-state index in [0.717, 1.165) is 11.6 Å². The van der Waals surface area contributed by atoms with Crippen molar-refractivity contribution in [2.75, 3.05) is 0 Å². The van der Waals surface area contributed by atoms with Crippen LogP contribution >= 0.6 is 0 Å². The Balaban J connectivity index is 2.33. The molecule has 2 rings (SSSR count). The van der Waals surface area contributed by atoms with Crippen molar-refractivity contribution in [3.8, 4) is 0 Å². The van der Waals surface area contributed by atoms with Crippen molar-refractivity contribution in [1.29, 1.82) is 0 Å². The molecule has 0 spiro atoms. The Hall–Kier alpha value is -0.830. The van der Waals surface area contributed by atoms with E-state index in [2.05, 4.69) is 23.6 Å². The van der Waals surface area contributed by atoms with Crippen LogP contribution in [-0.2, 0) is 6.54 Å². The van der Waals surface area contributed by atoms with Crippen molar-refractivity contribution in [2.24, 2.45) is 11.7 Å². The summed E-state index contributed by atoms with van der Waals surface area (Å²) < 4.78 is 2.16. The average molecular weight is 193 g/mol. The SMILES string of the molecule is Cc1nn(C(C)C2CC2)c(C)c1CN. The van der Waals surface area contributed by atoms with Crippen LogP contribution in [0, 0.1) is 19.8 Å². The molecule has 0 bridgehead atoms. The Morgan fingerprint density at radius 1 is 1.50 bits per heavy atom. The minimum absolute atomic E-state index is 0.550. The molecule has 78 valence electrons. The fraction of sp³-hybridized carbons (Fsp3) is 0.727. The summed E-state index contributed by atoms with van der Waals surface area (Å²) in [5.41, 5.74) is 9.27. The van der Waals surface area contributed by atoms with Crippen LogP contribution in [0.3, 0.4) is 0 Å². The summed E-state index contributed by atoms with van der Waals surface area (Å²) in [7, 11) is 0. The van der Waals surface area contributed by atoms with Gasteiger partial charge >= 0.3 is 0 Å². The van der Waals surface area contributed by atoms with Crippen LogP contribution in [0.5, 0.6) is 0 Å². The van der Waals surface area contributed by atoms with Gasteiger partial charge in [-0.1, -0.05) is 0 Å². The molecule has 0 aliphatic heterocycles. The van der Waals surface area contributed by atoms with Crippen molar-refractivity contribution < 1.29 is 0 Å². The standard InChI is InChI=1S/C11H19N3/c1-7-11(6-12)9(3)14(13-7)8(2)10-4-5-10/h8,10H,4-6,12H2,1-3H3. The van der Waals surface area contributed by atoms with Crippen LogP contribution in [0.1, 0.15) is 42.8 Å². The molecule has 1 atom stereocenters. The molecule has 1 unspecified atom stereocenters. The lowest BCUT2D eigenvalue weighted by Gasteiger charge is -2.13. The zero-order valence-corrected chi connectivity index (χ0v) is 9.25. The van der Waals surface area contributed by atoms with E-state index >= 15 is 0 Å². The molecular formula is C11H19N3. The molecule has 0 aromatic carbocycles. The van der Waals surface area contributed by atoms with Crippen molar-refractivity contribution in [1.82, 2.24) is 9.78 Å². The van der Waals surface area contributed by atoms with Crippen molar-refractivity contribution in [3.63, 3.8) is 0 Å². The molecule has 0 radical (unpaired) electrons. The second-order valence-corrected chi connectivity index (χ2v) is 4.38. The molecule has 0 amide bonds. The summed E-state index contributed by atoms with van der Waals surface area (Å²) in [5.74, 6) is 0.846. The normalized spacial score (nSPS) is 18.6. The molecule has 1 aliphatic carbocycles. The zero-order valence-electron chi connectivity index (χ0n) is 9.25. The van der Waals surface area contributed by atoms with Gasteiger partial charge in [-0.25, -0.2) is 0 Å². The molecule has 1 fully saturated rings. The third-order valence-electron chi connectivity index (χ3n) is 3.37. The van der Waals surface area contributed by atoms with E-state index in [1.54, 1.807) is 0 Å². The van der Waals surface area contributed by atoms with Crippen LogP contribution in [0.4, 0.5) is 0 Å². The first-order valence-electron chi connectivity index (χ1n) is 5.39. The Labute approximate surface area is 85.3 Å². The monoisotopic (exact) mass is 193 g/mol. The van der Waals surface area contributed by atoms with Gasteiger partial charge in [-0.15, -0.1) is 0 Å². The Kier molecular flexibility index (Phi) is 2.35. The van der Waals surface area contributed by atoms with Gasteiger partial charge in [-0.2, -0.15) is 5.10 Å². The van der Waals surface area contributed by atoms with Gasteiger partial charge in [-0.3, -0.25) is 4.68 Å². The van der Waals surface area contributed by atoms with Gasteiger partial charge in [0.2, 0.25) is 0 Å². The molecule has 2 N–H and O–H groups in total. The van der Waals surface area contributed by atoms with Crippen LogP contribution in [0.25, 0.3) is 0 Å². The number of nitrogens with two attached hydrogens (primary N) is 1. The minimum Gasteiger partial charge on any atom is -0.326 e. The first-order chi connectivity index (χ1) is 6.65. The maximum Gasteiger partial charge on any atom is 0.0641 e.